The summed E-state index contributed by atoms with van der Waals surface area (Å²) >= 11 is 0. The number of nitrogens with one attached hydrogen (secondary N) is 1. The Bertz CT molecular complexity index is 921. The topological polar surface area (TPSA) is 36.0 Å². The zero-order valence-electron chi connectivity index (χ0n) is 10.8. The van der Waals surface area contributed by atoms with Crippen molar-refractivity contribution in [2.24, 2.45) is 0 Å². The average Bonchev–Trinajstić information content (AvgIpc) is 2.94. The summed E-state index contributed by atoms with van der Waals surface area (Å²) in [5, 5.41) is 12.9. The van der Waals surface area contributed by atoms with Crippen molar-refractivity contribution >= 4 is 21.7 Å². The van der Waals surface area contributed by atoms with Gasteiger partial charge >= 0.3 is 0 Å². The van der Waals surface area contributed by atoms with Crippen molar-refractivity contribution < 1.29 is 5.11 Å². The van der Waals surface area contributed by atoms with Gasteiger partial charge in [0.2, 0.25) is 0 Å². The Morgan fingerprint density at radius 2 is 1.35 bits per heavy atom. The monoisotopic (exact) mass is 259 g/mol. The van der Waals surface area contributed by atoms with Crippen LogP contribution in [0.15, 0.2) is 66.9 Å². The van der Waals surface area contributed by atoms with Crippen LogP contribution in [0.3, 0.4) is 0 Å². The molecule has 0 aliphatic carbocycles. The Labute approximate surface area is 116 Å². The molecule has 0 saturated carbocycles. The molecule has 0 unspecified atom stereocenters. The second-order valence-electron chi connectivity index (χ2n) is 5.03. The number of H-pyrrole nitrogens is 1. The van der Waals surface area contributed by atoms with Crippen molar-refractivity contribution in [2.75, 3.05) is 0 Å². The zero-order chi connectivity index (χ0) is 13.5. The van der Waals surface area contributed by atoms with Gasteiger partial charge in [0.1, 0.15) is 5.75 Å². The molecule has 0 spiro atoms. The van der Waals surface area contributed by atoms with Gasteiger partial charge in [0, 0.05) is 11.7 Å². The number of aromatic amines is 1. The number of rotatable bonds is 1. The third-order valence-electron chi connectivity index (χ3n) is 3.71. The second-order valence-corrected chi connectivity index (χ2v) is 5.03. The van der Waals surface area contributed by atoms with Crippen molar-refractivity contribution in [1.82, 2.24) is 4.98 Å². The maximum atomic E-state index is 9.51. The fourth-order valence-corrected chi connectivity index (χ4v) is 2.64. The Kier molecular flexibility index (Phi) is 2.30. The van der Waals surface area contributed by atoms with E-state index >= 15 is 0 Å². The van der Waals surface area contributed by atoms with Gasteiger partial charge in [-0.1, -0.05) is 30.3 Å². The molecule has 4 rings (SSSR count). The van der Waals surface area contributed by atoms with Gasteiger partial charge in [-0.3, -0.25) is 0 Å². The van der Waals surface area contributed by atoms with Crippen molar-refractivity contribution in [3.63, 3.8) is 0 Å². The summed E-state index contributed by atoms with van der Waals surface area (Å²) in [6.45, 7) is 0. The lowest BCUT2D eigenvalue weighted by Gasteiger charge is -2.05. The molecule has 96 valence electrons. The molecule has 3 aromatic carbocycles. The standard InChI is InChI=1S/C18H13NO/c20-17-6-5-14-9-13(3-4-15(14)10-17)16-2-1-12-7-8-19-18(12)11-16/h1-11,19-20H. The number of aromatic hydroxyl groups is 1. The minimum absolute atomic E-state index is 0.304. The highest BCUT2D eigenvalue weighted by Crippen LogP contribution is 2.28. The van der Waals surface area contributed by atoms with E-state index in [1.165, 1.54) is 16.5 Å². The Morgan fingerprint density at radius 3 is 2.25 bits per heavy atom. The molecule has 2 nitrogen and oxygen atoms in total. The van der Waals surface area contributed by atoms with Gasteiger partial charge < -0.3 is 10.1 Å². The second kappa shape index (κ2) is 4.14. The van der Waals surface area contributed by atoms with Gasteiger partial charge in [-0.05, 0) is 57.6 Å². The summed E-state index contributed by atoms with van der Waals surface area (Å²) in [5.74, 6) is 0.304. The van der Waals surface area contributed by atoms with Gasteiger partial charge in [-0.2, -0.15) is 0 Å². The number of benzene rings is 3. The summed E-state index contributed by atoms with van der Waals surface area (Å²) < 4.78 is 0. The molecule has 0 radical (unpaired) electrons. The van der Waals surface area contributed by atoms with E-state index in [9.17, 15) is 5.11 Å². The predicted molar refractivity (Wildman–Crippen MR) is 82.9 cm³/mol. The number of phenols is 1. The van der Waals surface area contributed by atoms with Crippen LogP contribution in [0.1, 0.15) is 0 Å². The molecule has 20 heavy (non-hydrogen) atoms. The van der Waals surface area contributed by atoms with Crippen molar-refractivity contribution in [2.45, 2.75) is 0 Å². The third kappa shape index (κ3) is 1.74. The minimum atomic E-state index is 0.304. The van der Waals surface area contributed by atoms with Gasteiger partial charge in [0.15, 0.2) is 0 Å². The van der Waals surface area contributed by atoms with E-state index in [0.29, 0.717) is 5.75 Å². The molecule has 0 bridgehead atoms. The number of hydrogen-bond donors (Lipinski definition) is 2. The first kappa shape index (κ1) is 11.1. The lowest BCUT2D eigenvalue weighted by atomic mass is 10.0. The number of fused-ring (bicyclic) bond motifs is 2. The van der Waals surface area contributed by atoms with E-state index in [1.807, 2.05) is 18.3 Å². The molecule has 0 aliphatic heterocycles. The van der Waals surface area contributed by atoms with E-state index < -0.39 is 0 Å². The van der Waals surface area contributed by atoms with Crippen LogP contribution < -0.4 is 0 Å². The van der Waals surface area contributed by atoms with Crippen molar-refractivity contribution in [3.05, 3.63) is 66.9 Å². The number of hydrogen-bond acceptors (Lipinski definition) is 1. The van der Waals surface area contributed by atoms with Crippen LogP contribution in [-0.2, 0) is 0 Å². The van der Waals surface area contributed by atoms with Gasteiger partial charge in [-0.15, -0.1) is 0 Å². The SMILES string of the molecule is Oc1ccc2cc(-c3ccc4cc[nH]c4c3)ccc2c1. The van der Waals surface area contributed by atoms with Gasteiger partial charge in [0.05, 0.1) is 0 Å². The maximum Gasteiger partial charge on any atom is 0.116 e. The summed E-state index contributed by atoms with van der Waals surface area (Å²) in [6, 6.07) is 20.2. The van der Waals surface area contributed by atoms with Crippen molar-refractivity contribution in [1.29, 1.82) is 0 Å². The molecule has 0 amide bonds. The molecular weight excluding hydrogens is 246 g/mol. The average molecular weight is 259 g/mol. The molecule has 1 heterocycles. The zero-order valence-corrected chi connectivity index (χ0v) is 10.8. The first-order valence-corrected chi connectivity index (χ1v) is 6.60. The number of aromatic nitrogens is 1. The largest absolute Gasteiger partial charge is 0.508 e. The summed E-state index contributed by atoms with van der Waals surface area (Å²) in [5.41, 5.74) is 3.52. The molecule has 0 saturated heterocycles. The fourth-order valence-electron chi connectivity index (χ4n) is 2.64. The lowest BCUT2D eigenvalue weighted by Crippen LogP contribution is -1.80. The molecule has 2 heteroatoms. The quantitative estimate of drug-likeness (QED) is 0.511. The van der Waals surface area contributed by atoms with Crippen LogP contribution in [0.25, 0.3) is 32.8 Å². The summed E-state index contributed by atoms with van der Waals surface area (Å²) in [4.78, 5) is 3.24. The highest BCUT2D eigenvalue weighted by Gasteiger charge is 2.02. The highest BCUT2D eigenvalue weighted by molar-refractivity contribution is 5.90. The first-order valence-electron chi connectivity index (χ1n) is 6.60. The van der Waals surface area contributed by atoms with Crippen LogP contribution in [0, 0.1) is 0 Å². The lowest BCUT2D eigenvalue weighted by molar-refractivity contribution is 0.476. The molecule has 0 atom stereocenters. The minimum Gasteiger partial charge on any atom is -0.508 e. The smallest absolute Gasteiger partial charge is 0.116 e. The summed E-state index contributed by atoms with van der Waals surface area (Å²) in [7, 11) is 0. The Morgan fingerprint density at radius 1 is 0.650 bits per heavy atom. The van der Waals surface area contributed by atoms with Crippen LogP contribution in [0.4, 0.5) is 0 Å². The molecule has 0 fully saturated rings. The Hall–Kier alpha value is -2.74. The van der Waals surface area contributed by atoms with E-state index in [1.54, 1.807) is 12.1 Å². The first-order chi connectivity index (χ1) is 9.79. The molecule has 1 aromatic heterocycles. The summed E-state index contributed by atoms with van der Waals surface area (Å²) in [6.07, 6.45) is 1.96. The van der Waals surface area contributed by atoms with E-state index in [0.717, 1.165) is 16.3 Å². The molecule has 2 N–H and O–H groups in total. The molecule has 4 aromatic rings. The van der Waals surface area contributed by atoms with Crippen LogP contribution in [0.5, 0.6) is 5.75 Å². The van der Waals surface area contributed by atoms with Crippen LogP contribution in [0.2, 0.25) is 0 Å². The predicted octanol–water partition coefficient (Wildman–Crippen LogP) is 4.69. The molecular formula is C18H13NO. The maximum absolute atomic E-state index is 9.51. The number of phenolic OH excluding ortho intramolecular Hbond substituents is 1. The van der Waals surface area contributed by atoms with Crippen LogP contribution >= 0.6 is 0 Å². The fraction of sp³-hybridized carbons (Fsp3) is 0. The Balaban J connectivity index is 1.90. The van der Waals surface area contributed by atoms with Crippen LogP contribution in [-0.4, -0.2) is 10.1 Å². The van der Waals surface area contributed by atoms with E-state index in [-0.39, 0.29) is 0 Å². The molecule has 0 aliphatic rings. The van der Waals surface area contributed by atoms with E-state index in [4.69, 9.17) is 0 Å². The van der Waals surface area contributed by atoms with Crippen molar-refractivity contribution in [3.8, 4) is 16.9 Å². The van der Waals surface area contributed by atoms with Gasteiger partial charge in [-0.25, -0.2) is 0 Å². The van der Waals surface area contributed by atoms with E-state index in [2.05, 4.69) is 41.4 Å². The normalized spacial score (nSPS) is 11.2. The van der Waals surface area contributed by atoms with Gasteiger partial charge in [0.25, 0.3) is 0 Å². The third-order valence-corrected chi connectivity index (χ3v) is 3.71. The highest BCUT2D eigenvalue weighted by atomic mass is 16.3.